The van der Waals surface area contributed by atoms with Crippen molar-refractivity contribution in [1.29, 1.82) is 0 Å². The maximum absolute atomic E-state index is 13.0. The molecule has 0 fully saturated rings. The van der Waals surface area contributed by atoms with Crippen LogP contribution in [-0.4, -0.2) is 11.1 Å². The number of carboxylic acids is 1. The third-order valence-corrected chi connectivity index (χ3v) is 4.27. The number of hydrogen-bond acceptors (Lipinski definition) is 2. The van der Waals surface area contributed by atoms with Crippen molar-refractivity contribution in [2.45, 2.75) is 10.6 Å². The number of carboxylic acid groups (broad SMARTS) is 1. The van der Waals surface area contributed by atoms with E-state index in [4.69, 9.17) is 5.11 Å². The van der Waals surface area contributed by atoms with Crippen molar-refractivity contribution in [2.75, 3.05) is 0 Å². The number of carbonyl (C=O) groups is 1. The van der Waals surface area contributed by atoms with E-state index >= 15 is 0 Å². The van der Waals surface area contributed by atoms with Crippen molar-refractivity contribution in [1.82, 2.24) is 0 Å². The molecule has 0 amide bonds. The van der Waals surface area contributed by atoms with Gasteiger partial charge in [0.05, 0.1) is 5.56 Å². The van der Waals surface area contributed by atoms with Crippen molar-refractivity contribution in [3.05, 3.63) is 63.9 Å². The lowest BCUT2D eigenvalue weighted by Crippen LogP contribution is -1.95. The van der Waals surface area contributed by atoms with E-state index in [9.17, 15) is 9.18 Å². The molecule has 2 rings (SSSR count). The van der Waals surface area contributed by atoms with E-state index in [1.54, 1.807) is 24.3 Å². The third-order valence-electron chi connectivity index (χ3n) is 2.49. The van der Waals surface area contributed by atoms with Gasteiger partial charge in [-0.25, -0.2) is 9.18 Å². The highest BCUT2D eigenvalue weighted by molar-refractivity contribution is 9.10. The summed E-state index contributed by atoms with van der Waals surface area (Å²) in [5, 5.41) is 8.91. The van der Waals surface area contributed by atoms with Crippen LogP contribution in [0.25, 0.3) is 0 Å². The van der Waals surface area contributed by atoms with Gasteiger partial charge in [-0.15, -0.1) is 11.8 Å². The fourth-order valence-corrected chi connectivity index (χ4v) is 3.15. The maximum Gasteiger partial charge on any atom is 0.335 e. The van der Waals surface area contributed by atoms with Crippen LogP contribution in [0, 0.1) is 5.82 Å². The Morgan fingerprint density at radius 1 is 1.26 bits per heavy atom. The summed E-state index contributed by atoms with van der Waals surface area (Å²) in [6.07, 6.45) is 0. The molecule has 0 saturated carbocycles. The lowest BCUT2D eigenvalue weighted by Gasteiger charge is -2.05. The third kappa shape index (κ3) is 3.81. The largest absolute Gasteiger partial charge is 0.478 e. The molecule has 0 aliphatic rings. The molecular weight excluding hydrogens is 331 g/mol. The lowest BCUT2D eigenvalue weighted by molar-refractivity contribution is 0.0696. The first-order chi connectivity index (χ1) is 9.06. The number of rotatable bonds is 4. The Morgan fingerprint density at radius 2 is 2.05 bits per heavy atom. The van der Waals surface area contributed by atoms with E-state index in [-0.39, 0.29) is 11.4 Å². The van der Waals surface area contributed by atoms with Crippen molar-refractivity contribution < 1.29 is 14.3 Å². The van der Waals surface area contributed by atoms with E-state index in [1.807, 2.05) is 6.07 Å². The topological polar surface area (TPSA) is 37.3 Å². The maximum atomic E-state index is 13.0. The predicted molar refractivity (Wildman–Crippen MR) is 77.1 cm³/mol. The average Bonchev–Trinajstić information content (AvgIpc) is 2.38. The standard InChI is InChI=1S/C14H10BrFO2S/c15-13-7-11(16)5-4-10(13)8-19-12-3-1-2-9(6-12)14(17)18/h1-7H,8H2,(H,17,18). The molecule has 0 radical (unpaired) electrons. The van der Waals surface area contributed by atoms with Crippen LogP contribution in [0.5, 0.6) is 0 Å². The van der Waals surface area contributed by atoms with Crippen LogP contribution in [0.4, 0.5) is 4.39 Å². The molecule has 1 N–H and O–H groups in total. The Morgan fingerprint density at radius 3 is 2.74 bits per heavy atom. The summed E-state index contributed by atoms with van der Waals surface area (Å²) in [6, 6.07) is 11.3. The molecule has 2 aromatic carbocycles. The van der Waals surface area contributed by atoms with E-state index in [2.05, 4.69) is 15.9 Å². The molecule has 0 aliphatic carbocycles. The molecule has 0 aromatic heterocycles. The Bertz CT molecular complexity index is 616. The summed E-state index contributed by atoms with van der Waals surface area (Å²) in [6.45, 7) is 0. The van der Waals surface area contributed by atoms with Crippen molar-refractivity contribution >= 4 is 33.7 Å². The number of thioether (sulfide) groups is 1. The Kier molecular flexibility index (Phi) is 4.61. The van der Waals surface area contributed by atoms with Gasteiger partial charge in [-0.3, -0.25) is 0 Å². The summed E-state index contributed by atoms with van der Waals surface area (Å²) in [5.41, 5.74) is 1.23. The molecular formula is C14H10BrFO2S. The Labute approximate surface area is 122 Å². The van der Waals surface area contributed by atoms with Crippen LogP contribution in [0.2, 0.25) is 0 Å². The number of halogens is 2. The molecule has 0 atom stereocenters. The van der Waals surface area contributed by atoms with E-state index in [0.29, 0.717) is 5.75 Å². The SMILES string of the molecule is O=C(O)c1cccc(SCc2ccc(F)cc2Br)c1. The monoisotopic (exact) mass is 340 g/mol. The molecule has 98 valence electrons. The zero-order valence-corrected chi connectivity index (χ0v) is 12.2. The first kappa shape index (κ1) is 14.1. The van der Waals surface area contributed by atoms with Gasteiger partial charge in [-0.2, -0.15) is 0 Å². The first-order valence-corrected chi connectivity index (χ1v) is 7.24. The Hall–Kier alpha value is -1.33. The van der Waals surface area contributed by atoms with Gasteiger partial charge in [0, 0.05) is 15.1 Å². The van der Waals surface area contributed by atoms with Gasteiger partial charge in [0.25, 0.3) is 0 Å². The fourth-order valence-electron chi connectivity index (χ4n) is 1.52. The summed E-state index contributed by atoms with van der Waals surface area (Å²) in [5.74, 6) is -0.580. The van der Waals surface area contributed by atoms with Crippen LogP contribution in [0.1, 0.15) is 15.9 Å². The summed E-state index contributed by atoms with van der Waals surface area (Å²) < 4.78 is 13.7. The molecule has 0 spiro atoms. The molecule has 5 heteroatoms. The van der Waals surface area contributed by atoms with Gasteiger partial charge in [0.2, 0.25) is 0 Å². The highest BCUT2D eigenvalue weighted by atomic mass is 79.9. The van der Waals surface area contributed by atoms with E-state index in [1.165, 1.54) is 23.9 Å². The van der Waals surface area contributed by atoms with Crippen LogP contribution in [0.15, 0.2) is 51.8 Å². The molecule has 0 unspecified atom stereocenters. The summed E-state index contributed by atoms with van der Waals surface area (Å²) in [4.78, 5) is 11.7. The quantitative estimate of drug-likeness (QED) is 0.827. The van der Waals surface area contributed by atoms with Crippen molar-refractivity contribution in [3.8, 4) is 0 Å². The van der Waals surface area contributed by atoms with Crippen LogP contribution < -0.4 is 0 Å². The van der Waals surface area contributed by atoms with Crippen molar-refractivity contribution in [3.63, 3.8) is 0 Å². The Balaban J connectivity index is 2.10. The van der Waals surface area contributed by atoms with Gasteiger partial charge >= 0.3 is 5.97 Å². The molecule has 19 heavy (non-hydrogen) atoms. The second-order valence-corrected chi connectivity index (χ2v) is 5.76. The van der Waals surface area contributed by atoms with Crippen LogP contribution in [-0.2, 0) is 5.75 Å². The minimum absolute atomic E-state index is 0.267. The predicted octanol–water partition coefficient (Wildman–Crippen LogP) is 4.58. The van der Waals surface area contributed by atoms with Gasteiger partial charge in [0.1, 0.15) is 5.82 Å². The number of hydrogen-bond donors (Lipinski definition) is 1. The number of aromatic carboxylic acids is 1. The zero-order valence-electron chi connectivity index (χ0n) is 9.77. The van der Waals surface area contributed by atoms with Gasteiger partial charge in [-0.05, 0) is 35.9 Å². The number of benzene rings is 2. The zero-order chi connectivity index (χ0) is 13.8. The van der Waals surface area contributed by atoms with Crippen LogP contribution in [0.3, 0.4) is 0 Å². The first-order valence-electron chi connectivity index (χ1n) is 5.46. The van der Waals surface area contributed by atoms with Gasteiger partial charge < -0.3 is 5.11 Å². The van der Waals surface area contributed by atoms with Gasteiger partial charge in [0.15, 0.2) is 0 Å². The second-order valence-electron chi connectivity index (χ2n) is 3.86. The summed E-state index contributed by atoms with van der Waals surface area (Å²) >= 11 is 4.82. The minimum Gasteiger partial charge on any atom is -0.478 e. The molecule has 0 saturated heterocycles. The molecule has 2 aromatic rings. The second kappa shape index (κ2) is 6.21. The fraction of sp³-hybridized carbons (Fsp3) is 0.0714. The smallest absolute Gasteiger partial charge is 0.335 e. The molecule has 0 heterocycles. The summed E-state index contributed by atoms with van der Waals surface area (Å²) in [7, 11) is 0. The highest BCUT2D eigenvalue weighted by Gasteiger charge is 2.06. The normalized spacial score (nSPS) is 10.4. The van der Waals surface area contributed by atoms with Crippen molar-refractivity contribution in [2.24, 2.45) is 0 Å². The minimum atomic E-state index is -0.939. The molecule has 0 aliphatic heterocycles. The van der Waals surface area contributed by atoms with Gasteiger partial charge in [-0.1, -0.05) is 28.1 Å². The van der Waals surface area contributed by atoms with E-state index < -0.39 is 5.97 Å². The lowest BCUT2D eigenvalue weighted by atomic mass is 10.2. The highest BCUT2D eigenvalue weighted by Crippen LogP contribution is 2.27. The average molecular weight is 341 g/mol. The molecule has 2 nitrogen and oxygen atoms in total. The van der Waals surface area contributed by atoms with E-state index in [0.717, 1.165) is 14.9 Å². The van der Waals surface area contributed by atoms with Crippen LogP contribution >= 0.6 is 27.7 Å². The molecule has 0 bridgehead atoms.